The number of ether oxygens (including phenoxy) is 1. The maximum Gasteiger partial charge on any atom is 0.146 e. The molecule has 0 unspecified atom stereocenters. The predicted molar refractivity (Wildman–Crippen MR) is 88.0 cm³/mol. The standard InChI is InChI=1S/C16H14BrN3O/c17-13-7-4-11(5-8-13)10-21-14-3-1-2-12-6-9-15(20-18)19-16(12)14/h1-9H,10,18H2,(H,19,20). The van der Waals surface area contributed by atoms with Crippen LogP contribution in [0.25, 0.3) is 10.9 Å². The average Bonchev–Trinajstić information content (AvgIpc) is 2.54. The van der Waals surface area contributed by atoms with E-state index in [0.717, 1.165) is 26.7 Å². The molecule has 0 bridgehead atoms. The van der Waals surface area contributed by atoms with Crippen LogP contribution in [0, 0.1) is 0 Å². The second-order valence-corrected chi connectivity index (χ2v) is 5.50. The minimum absolute atomic E-state index is 0.494. The molecule has 1 aromatic heterocycles. The van der Waals surface area contributed by atoms with Crippen LogP contribution in [0.3, 0.4) is 0 Å². The highest BCUT2D eigenvalue weighted by Gasteiger charge is 2.05. The molecule has 3 rings (SSSR count). The third kappa shape index (κ3) is 3.15. The van der Waals surface area contributed by atoms with E-state index >= 15 is 0 Å². The van der Waals surface area contributed by atoms with E-state index in [0.29, 0.717) is 12.4 Å². The number of nitrogen functional groups attached to an aromatic ring is 1. The highest BCUT2D eigenvalue weighted by atomic mass is 79.9. The molecule has 4 nitrogen and oxygen atoms in total. The highest BCUT2D eigenvalue weighted by molar-refractivity contribution is 9.10. The van der Waals surface area contributed by atoms with Gasteiger partial charge in [0.1, 0.15) is 23.7 Å². The van der Waals surface area contributed by atoms with Gasteiger partial charge in [0.15, 0.2) is 0 Å². The first-order chi connectivity index (χ1) is 10.3. The van der Waals surface area contributed by atoms with E-state index in [9.17, 15) is 0 Å². The van der Waals surface area contributed by atoms with Crippen molar-refractivity contribution in [2.45, 2.75) is 6.61 Å². The molecule has 0 radical (unpaired) electrons. The number of benzene rings is 2. The number of para-hydroxylation sites is 1. The Kier molecular flexibility index (Phi) is 4.03. The Morgan fingerprint density at radius 3 is 2.62 bits per heavy atom. The molecule has 2 aromatic carbocycles. The van der Waals surface area contributed by atoms with Crippen LogP contribution in [0.1, 0.15) is 5.56 Å². The Morgan fingerprint density at radius 1 is 1.05 bits per heavy atom. The maximum absolute atomic E-state index is 5.90. The SMILES string of the molecule is NNc1ccc2cccc(OCc3ccc(Br)cc3)c2n1. The zero-order valence-electron chi connectivity index (χ0n) is 11.2. The van der Waals surface area contributed by atoms with Gasteiger partial charge in [0.05, 0.1) is 0 Å². The van der Waals surface area contributed by atoms with Gasteiger partial charge in [-0.15, -0.1) is 0 Å². The van der Waals surface area contributed by atoms with Crippen molar-refractivity contribution in [1.29, 1.82) is 0 Å². The summed E-state index contributed by atoms with van der Waals surface area (Å²) in [5.41, 5.74) is 4.45. The number of anilines is 1. The smallest absolute Gasteiger partial charge is 0.146 e. The molecule has 0 saturated heterocycles. The van der Waals surface area contributed by atoms with Crippen LogP contribution in [0.15, 0.2) is 59.1 Å². The van der Waals surface area contributed by atoms with E-state index < -0.39 is 0 Å². The van der Waals surface area contributed by atoms with Crippen molar-refractivity contribution < 1.29 is 4.74 Å². The first-order valence-corrected chi connectivity index (χ1v) is 7.29. The molecule has 5 heteroatoms. The zero-order valence-corrected chi connectivity index (χ0v) is 12.8. The van der Waals surface area contributed by atoms with E-state index in [4.69, 9.17) is 10.6 Å². The molecule has 0 atom stereocenters. The minimum atomic E-state index is 0.494. The van der Waals surface area contributed by atoms with Gasteiger partial charge in [-0.1, -0.05) is 40.2 Å². The quantitative estimate of drug-likeness (QED) is 0.557. The summed E-state index contributed by atoms with van der Waals surface area (Å²) < 4.78 is 6.95. The number of nitrogens with one attached hydrogen (secondary N) is 1. The number of hydrazine groups is 1. The number of halogens is 1. The summed E-state index contributed by atoms with van der Waals surface area (Å²) in [5, 5.41) is 1.02. The summed E-state index contributed by atoms with van der Waals surface area (Å²) in [6, 6.07) is 17.7. The number of rotatable bonds is 4. The lowest BCUT2D eigenvalue weighted by molar-refractivity contribution is 0.309. The molecular weight excluding hydrogens is 330 g/mol. The van der Waals surface area contributed by atoms with Gasteiger partial charge in [0.25, 0.3) is 0 Å². The molecule has 0 aliphatic rings. The molecule has 3 aromatic rings. The maximum atomic E-state index is 5.90. The molecule has 21 heavy (non-hydrogen) atoms. The summed E-state index contributed by atoms with van der Waals surface area (Å²) in [6.07, 6.45) is 0. The van der Waals surface area contributed by atoms with E-state index in [1.165, 1.54) is 0 Å². The van der Waals surface area contributed by atoms with Gasteiger partial charge in [0.2, 0.25) is 0 Å². The second kappa shape index (κ2) is 6.11. The molecular formula is C16H14BrN3O. The Labute approximate surface area is 131 Å². The van der Waals surface area contributed by atoms with Crippen LogP contribution < -0.4 is 16.0 Å². The average molecular weight is 344 g/mol. The molecule has 1 heterocycles. The van der Waals surface area contributed by atoms with Gasteiger partial charge in [0, 0.05) is 9.86 Å². The van der Waals surface area contributed by atoms with Crippen molar-refractivity contribution in [1.82, 2.24) is 4.98 Å². The first kappa shape index (κ1) is 13.9. The van der Waals surface area contributed by atoms with Crippen LogP contribution in [0.4, 0.5) is 5.82 Å². The summed E-state index contributed by atoms with van der Waals surface area (Å²) >= 11 is 3.42. The fourth-order valence-corrected chi connectivity index (χ4v) is 2.32. The van der Waals surface area contributed by atoms with Crippen LogP contribution in [-0.2, 0) is 6.61 Å². The fourth-order valence-electron chi connectivity index (χ4n) is 2.06. The number of hydrogen-bond acceptors (Lipinski definition) is 4. The van der Waals surface area contributed by atoms with Crippen molar-refractivity contribution in [2.24, 2.45) is 5.84 Å². The molecule has 3 N–H and O–H groups in total. The van der Waals surface area contributed by atoms with Gasteiger partial charge in [-0.05, 0) is 35.9 Å². The van der Waals surface area contributed by atoms with Crippen molar-refractivity contribution in [3.63, 3.8) is 0 Å². The number of nitrogens with zero attached hydrogens (tertiary/aromatic N) is 1. The van der Waals surface area contributed by atoms with Gasteiger partial charge in [-0.3, -0.25) is 0 Å². The Bertz CT molecular complexity index is 759. The summed E-state index contributed by atoms with van der Waals surface area (Å²) in [6.45, 7) is 0.494. The Morgan fingerprint density at radius 2 is 1.86 bits per heavy atom. The zero-order chi connectivity index (χ0) is 14.7. The van der Waals surface area contributed by atoms with E-state index in [-0.39, 0.29) is 0 Å². The predicted octanol–water partition coefficient (Wildman–Crippen LogP) is 3.86. The van der Waals surface area contributed by atoms with Crippen molar-refractivity contribution in [3.8, 4) is 5.75 Å². The molecule has 0 fully saturated rings. The molecule has 0 spiro atoms. The van der Waals surface area contributed by atoms with E-state index in [1.54, 1.807) is 0 Å². The van der Waals surface area contributed by atoms with Crippen molar-refractivity contribution in [2.75, 3.05) is 5.43 Å². The topological polar surface area (TPSA) is 60.2 Å². The van der Waals surface area contributed by atoms with Crippen molar-refractivity contribution >= 4 is 32.7 Å². The van der Waals surface area contributed by atoms with Crippen LogP contribution in [-0.4, -0.2) is 4.98 Å². The number of pyridine rings is 1. The van der Waals surface area contributed by atoms with E-state index in [1.807, 2.05) is 54.6 Å². The number of hydrogen-bond donors (Lipinski definition) is 2. The second-order valence-electron chi connectivity index (χ2n) is 4.58. The lowest BCUT2D eigenvalue weighted by atomic mass is 10.2. The van der Waals surface area contributed by atoms with Crippen molar-refractivity contribution in [3.05, 3.63) is 64.6 Å². The highest BCUT2D eigenvalue weighted by Crippen LogP contribution is 2.26. The van der Waals surface area contributed by atoms with Crippen LogP contribution in [0.2, 0.25) is 0 Å². The van der Waals surface area contributed by atoms with Gasteiger partial charge < -0.3 is 10.2 Å². The minimum Gasteiger partial charge on any atom is -0.487 e. The molecule has 0 aliphatic carbocycles. The van der Waals surface area contributed by atoms with Gasteiger partial charge in [-0.25, -0.2) is 10.8 Å². The molecule has 0 amide bonds. The van der Waals surface area contributed by atoms with E-state index in [2.05, 4.69) is 26.3 Å². The number of aromatic nitrogens is 1. The molecule has 0 aliphatic heterocycles. The summed E-state index contributed by atoms with van der Waals surface area (Å²) in [4.78, 5) is 4.45. The lowest BCUT2D eigenvalue weighted by Gasteiger charge is -2.10. The summed E-state index contributed by atoms with van der Waals surface area (Å²) in [7, 11) is 0. The Balaban J connectivity index is 1.87. The van der Waals surface area contributed by atoms with Gasteiger partial charge >= 0.3 is 0 Å². The van der Waals surface area contributed by atoms with Gasteiger partial charge in [-0.2, -0.15) is 0 Å². The molecule has 0 saturated carbocycles. The largest absolute Gasteiger partial charge is 0.487 e. The summed E-state index contributed by atoms with van der Waals surface area (Å²) in [5.74, 6) is 6.77. The third-order valence-corrected chi connectivity index (χ3v) is 3.67. The monoisotopic (exact) mass is 343 g/mol. The first-order valence-electron chi connectivity index (χ1n) is 6.50. The normalized spacial score (nSPS) is 10.6. The van der Waals surface area contributed by atoms with Crippen LogP contribution >= 0.6 is 15.9 Å². The Hall–Kier alpha value is -2.11. The lowest BCUT2D eigenvalue weighted by Crippen LogP contribution is -2.08. The fraction of sp³-hybridized carbons (Fsp3) is 0.0625. The number of fused-ring (bicyclic) bond motifs is 1. The number of nitrogens with two attached hydrogens (primary N) is 1. The van der Waals surface area contributed by atoms with Crippen LogP contribution in [0.5, 0.6) is 5.75 Å². The molecule has 106 valence electrons. The third-order valence-electron chi connectivity index (χ3n) is 3.14.